The van der Waals surface area contributed by atoms with Crippen molar-refractivity contribution < 1.29 is 4.79 Å². The molecule has 0 aliphatic heterocycles. The molecule has 5 aromatic rings. The molecule has 0 aliphatic carbocycles. The summed E-state index contributed by atoms with van der Waals surface area (Å²) in [7, 11) is 0. The molecule has 0 spiro atoms. The summed E-state index contributed by atoms with van der Waals surface area (Å²) in [6, 6.07) is 32.1. The summed E-state index contributed by atoms with van der Waals surface area (Å²) in [6.07, 6.45) is 0.834. The van der Waals surface area contributed by atoms with Gasteiger partial charge in [0, 0.05) is 10.6 Å². The summed E-state index contributed by atoms with van der Waals surface area (Å²) in [4.78, 5) is 20.3. The smallest absolute Gasteiger partial charge is 0.260 e. The Kier molecular flexibility index (Phi) is 6.43. The van der Waals surface area contributed by atoms with Gasteiger partial charge in [0.15, 0.2) is 5.13 Å². The Hall–Kier alpha value is -3.47. The number of rotatable bonds is 6. The molecule has 0 atom stereocenters. The average Bonchev–Trinajstić information content (AvgIpc) is 3.31. The third-order valence-electron chi connectivity index (χ3n) is 5.85. The SMILES string of the molecule is Cc1c(Cl)ccc2sc(N(Cc3ccccc3)C(=O)c3ccc(Cc4ccccc4)cc3)nc12. The maximum atomic E-state index is 13.7. The van der Waals surface area contributed by atoms with Gasteiger partial charge in [-0.3, -0.25) is 9.69 Å². The van der Waals surface area contributed by atoms with Crippen molar-refractivity contribution in [2.45, 2.75) is 19.9 Å². The highest BCUT2D eigenvalue weighted by Crippen LogP contribution is 2.34. The Balaban J connectivity index is 1.47. The number of benzene rings is 4. The second kappa shape index (κ2) is 9.80. The van der Waals surface area contributed by atoms with Crippen LogP contribution in [-0.2, 0) is 13.0 Å². The first-order valence-corrected chi connectivity index (χ1v) is 12.3. The average molecular weight is 483 g/mol. The number of hydrogen-bond acceptors (Lipinski definition) is 3. The van der Waals surface area contributed by atoms with E-state index < -0.39 is 0 Å². The van der Waals surface area contributed by atoms with Crippen LogP contribution in [0.1, 0.15) is 32.6 Å². The fourth-order valence-electron chi connectivity index (χ4n) is 3.95. The first-order chi connectivity index (χ1) is 16.6. The Morgan fingerprint density at radius 3 is 2.12 bits per heavy atom. The summed E-state index contributed by atoms with van der Waals surface area (Å²) in [5, 5.41) is 1.35. The zero-order chi connectivity index (χ0) is 23.5. The van der Waals surface area contributed by atoms with E-state index in [4.69, 9.17) is 16.6 Å². The third-order valence-corrected chi connectivity index (χ3v) is 7.30. The van der Waals surface area contributed by atoms with Crippen molar-refractivity contribution in [3.8, 4) is 0 Å². The van der Waals surface area contributed by atoms with Crippen LogP contribution in [0, 0.1) is 6.92 Å². The number of carbonyl (C=O) groups excluding carboxylic acids is 1. The lowest BCUT2D eigenvalue weighted by atomic mass is 10.0. The molecule has 3 nitrogen and oxygen atoms in total. The lowest BCUT2D eigenvalue weighted by molar-refractivity contribution is 0.0985. The van der Waals surface area contributed by atoms with Gasteiger partial charge in [0.05, 0.1) is 16.8 Å². The van der Waals surface area contributed by atoms with Gasteiger partial charge in [-0.05, 0) is 59.9 Å². The maximum absolute atomic E-state index is 13.7. The van der Waals surface area contributed by atoms with Crippen LogP contribution in [0.3, 0.4) is 0 Å². The topological polar surface area (TPSA) is 33.2 Å². The Morgan fingerprint density at radius 2 is 1.44 bits per heavy atom. The summed E-state index contributed by atoms with van der Waals surface area (Å²) < 4.78 is 1.01. The van der Waals surface area contributed by atoms with Gasteiger partial charge in [-0.25, -0.2) is 4.98 Å². The minimum Gasteiger partial charge on any atom is -0.279 e. The van der Waals surface area contributed by atoms with Crippen molar-refractivity contribution in [2.75, 3.05) is 4.90 Å². The number of fused-ring (bicyclic) bond motifs is 1. The van der Waals surface area contributed by atoms with Gasteiger partial charge in [-0.15, -0.1) is 0 Å². The van der Waals surface area contributed by atoms with Crippen molar-refractivity contribution in [3.05, 3.63) is 130 Å². The quantitative estimate of drug-likeness (QED) is 0.248. The molecule has 0 aliphatic rings. The summed E-state index contributed by atoms with van der Waals surface area (Å²) in [6.45, 7) is 2.40. The Labute approximate surface area is 208 Å². The van der Waals surface area contributed by atoms with Crippen LogP contribution in [0.15, 0.2) is 97.1 Å². The molecule has 0 saturated heterocycles. The van der Waals surface area contributed by atoms with Gasteiger partial charge in [0.2, 0.25) is 0 Å². The molecule has 0 radical (unpaired) electrons. The summed E-state index contributed by atoms with van der Waals surface area (Å²) in [5.41, 5.74) is 5.88. The first kappa shape index (κ1) is 22.3. The highest BCUT2D eigenvalue weighted by Gasteiger charge is 2.22. The zero-order valence-corrected chi connectivity index (χ0v) is 20.3. The normalized spacial score (nSPS) is 11.0. The number of aryl methyl sites for hydroxylation is 1. The van der Waals surface area contributed by atoms with Gasteiger partial charge < -0.3 is 0 Å². The van der Waals surface area contributed by atoms with E-state index in [1.54, 1.807) is 4.90 Å². The van der Waals surface area contributed by atoms with Gasteiger partial charge >= 0.3 is 0 Å². The molecule has 0 unspecified atom stereocenters. The third kappa shape index (κ3) is 4.74. The molecular formula is C29H23ClN2OS. The fourth-order valence-corrected chi connectivity index (χ4v) is 5.12. The molecule has 5 rings (SSSR count). The van der Waals surface area contributed by atoms with Gasteiger partial charge in [0.25, 0.3) is 5.91 Å². The second-order valence-electron chi connectivity index (χ2n) is 8.25. The summed E-state index contributed by atoms with van der Waals surface area (Å²) >= 11 is 7.83. The van der Waals surface area contributed by atoms with Crippen LogP contribution < -0.4 is 4.90 Å². The van der Waals surface area contributed by atoms with E-state index >= 15 is 0 Å². The van der Waals surface area contributed by atoms with E-state index in [9.17, 15) is 4.79 Å². The van der Waals surface area contributed by atoms with Gasteiger partial charge in [-0.2, -0.15) is 0 Å². The van der Waals surface area contributed by atoms with Crippen molar-refractivity contribution in [1.82, 2.24) is 4.98 Å². The van der Waals surface area contributed by atoms with Gasteiger partial charge in [0.1, 0.15) is 0 Å². The standard InChI is InChI=1S/C29H23ClN2OS/c1-20-25(30)16-17-26-27(20)31-29(34-26)32(19-23-10-6-3-7-11-23)28(33)24-14-12-22(13-15-24)18-21-8-4-2-5-9-21/h2-17H,18-19H2,1H3. The number of carbonyl (C=O) groups is 1. The predicted molar refractivity (Wildman–Crippen MR) is 142 cm³/mol. The minimum atomic E-state index is -0.0714. The van der Waals surface area contributed by atoms with E-state index in [1.807, 2.05) is 91.9 Å². The lowest BCUT2D eigenvalue weighted by Gasteiger charge is -2.20. The van der Waals surface area contributed by atoms with Crippen molar-refractivity contribution in [3.63, 3.8) is 0 Å². The van der Waals surface area contributed by atoms with Gasteiger partial charge in [-0.1, -0.05) is 95.7 Å². The fraction of sp³-hybridized carbons (Fsp3) is 0.103. The molecule has 168 valence electrons. The van der Waals surface area contributed by atoms with Crippen LogP contribution in [0.4, 0.5) is 5.13 Å². The molecule has 4 aromatic carbocycles. The molecule has 0 N–H and O–H groups in total. The molecule has 0 bridgehead atoms. The van der Waals surface area contributed by atoms with Crippen LogP contribution >= 0.6 is 22.9 Å². The summed E-state index contributed by atoms with van der Waals surface area (Å²) in [5.74, 6) is -0.0714. The van der Waals surface area contributed by atoms with Crippen molar-refractivity contribution in [1.29, 1.82) is 0 Å². The molecule has 5 heteroatoms. The van der Waals surface area contributed by atoms with Crippen LogP contribution in [0.2, 0.25) is 5.02 Å². The van der Waals surface area contributed by atoms with E-state index in [0.29, 0.717) is 22.3 Å². The highest BCUT2D eigenvalue weighted by atomic mass is 35.5. The van der Waals surface area contributed by atoms with E-state index in [1.165, 1.54) is 22.5 Å². The van der Waals surface area contributed by atoms with Crippen LogP contribution in [0.5, 0.6) is 0 Å². The number of aromatic nitrogens is 1. The Bertz CT molecular complexity index is 1430. The largest absolute Gasteiger partial charge is 0.279 e. The van der Waals surface area contributed by atoms with Crippen LogP contribution in [-0.4, -0.2) is 10.9 Å². The number of anilines is 1. The predicted octanol–water partition coefficient (Wildman–Crippen LogP) is 7.70. The Morgan fingerprint density at radius 1 is 0.824 bits per heavy atom. The molecule has 1 aromatic heterocycles. The number of halogens is 1. The highest BCUT2D eigenvalue weighted by molar-refractivity contribution is 7.22. The number of nitrogens with zero attached hydrogens (tertiary/aromatic N) is 2. The number of amides is 1. The van der Waals surface area contributed by atoms with Crippen molar-refractivity contribution in [2.24, 2.45) is 0 Å². The number of hydrogen-bond donors (Lipinski definition) is 0. The molecule has 0 fully saturated rings. The molecular weight excluding hydrogens is 460 g/mol. The zero-order valence-electron chi connectivity index (χ0n) is 18.7. The number of thiazole rings is 1. The molecule has 34 heavy (non-hydrogen) atoms. The molecule has 1 amide bonds. The molecule has 0 saturated carbocycles. The van der Waals surface area contributed by atoms with Crippen LogP contribution in [0.25, 0.3) is 10.2 Å². The van der Waals surface area contributed by atoms with E-state index in [0.717, 1.165) is 27.8 Å². The van der Waals surface area contributed by atoms with E-state index in [2.05, 4.69) is 12.1 Å². The lowest BCUT2D eigenvalue weighted by Crippen LogP contribution is -2.30. The maximum Gasteiger partial charge on any atom is 0.260 e. The monoisotopic (exact) mass is 482 g/mol. The van der Waals surface area contributed by atoms with E-state index in [-0.39, 0.29) is 5.91 Å². The first-order valence-electron chi connectivity index (χ1n) is 11.1. The molecule has 1 heterocycles. The minimum absolute atomic E-state index is 0.0714. The van der Waals surface area contributed by atoms with Crippen molar-refractivity contribution >= 4 is 44.2 Å². The second-order valence-corrected chi connectivity index (χ2v) is 9.67.